The Kier molecular flexibility index (Phi) is 12.7. The van der Waals surface area contributed by atoms with Crippen LogP contribution in [0, 0.1) is 11.8 Å². The van der Waals surface area contributed by atoms with Crippen molar-refractivity contribution in [2.24, 2.45) is 11.8 Å². The molecule has 0 saturated heterocycles. The average Bonchev–Trinajstić information content (AvgIpc) is 3.01. The van der Waals surface area contributed by atoms with Gasteiger partial charge in [0, 0.05) is 18.8 Å². The normalized spacial score (nSPS) is 20.7. The first-order chi connectivity index (χ1) is 13.8. The number of ketones is 1. The minimum Gasteiger partial charge on any atom is -0.469 e. The molecule has 6 nitrogen and oxygen atoms in total. The van der Waals surface area contributed by atoms with Gasteiger partial charge in [-0.3, -0.25) is 13.8 Å². The zero-order chi connectivity index (χ0) is 21.7. The molecule has 1 rings (SSSR count). The van der Waals surface area contributed by atoms with E-state index >= 15 is 0 Å². The van der Waals surface area contributed by atoms with Crippen molar-refractivity contribution < 1.29 is 26.9 Å². The Morgan fingerprint density at radius 2 is 1.79 bits per heavy atom. The summed E-state index contributed by atoms with van der Waals surface area (Å²) < 4.78 is 33.1. The Labute approximate surface area is 177 Å². The standard InChI is InChI=1S/C22H40O6S/c1-4-5-8-11-19(28-29(3,25)26)16-14-18-15-17-21(23)20(18)12-9-6-7-10-13-22(24)27-2/h18-20H,4-17H2,1-3H3/t18-,19?,20+/m0/s1. The summed E-state index contributed by atoms with van der Waals surface area (Å²) in [6.07, 6.45) is 13.0. The highest BCUT2D eigenvalue weighted by molar-refractivity contribution is 7.86. The monoisotopic (exact) mass is 432 g/mol. The van der Waals surface area contributed by atoms with Gasteiger partial charge in [0.05, 0.1) is 19.5 Å². The fourth-order valence-electron chi connectivity index (χ4n) is 4.32. The quantitative estimate of drug-likeness (QED) is 0.198. The second-order valence-electron chi connectivity index (χ2n) is 8.40. The number of methoxy groups -OCH3 is 1. The molecule has 0 spiro atoms. The molecule has 0 aromatic heterocycles. The highest BCUT2D eigenvalue weighted by atomic mass is 32.2. The van der Waals surface area contributed by atoms with E-state index in [0.717, 1.165) is 76.9 Å². The topological polar surface area (TPSA) is 86.7 Å². The summed E-state index contributed by atoms with van der Waals surface area (Å²) >= 11 is 0. The Bertz CT molecular complexity index is 586. The van der Waals surface area contributed by atoms with E-state index in [-0.39, 0.29) is 18.0 Å². The van der Waals surface area contributed by atoms with E-state index in [1.807, 2.05) is 0 Å². The van der Waals surface area contributed by atoms with Crippen molar-refractivity contribution in [3.05, 3.63) is 0 Å². The molecule has 170 valence electrons. The van der Waals surface area contributed by atoms with Crippen LogP contribution in [-0.4, -0.2) is 39.6 Å². The van der Waals surface area contributed by atoms with Gasteiger partial charge in [0.25, 0.3) is 10.1 Å². The minimum atomic E-state index is -3.46. The second-order valence-corrected chi connectivity index (χ2v) is 10.00. The molecule has 1 aliphatic rings. The fraction of sp³-hybridized carbons (Fsp3) is 0.909. The van der Waals surface area contributed by atoms with Crippen LogP contribution in [-0.2, 0) is 28.6 Å². The summed E-state index contributed by atoms with van der Waals surface area (Å²) in [6.45, 7) is 2.12. The lowest BCUT2D eigenvalue weighted by molar-refractivity contribution is -0.140. The Morgan fingerprint density at radius 1 is 1.07 bits per heavy atom. The van der Waals surface area contributed by atoms with Gasteiger partial charge in [-0.1, -0.05) is 45.4 Å². The van der Waals surface area contributed by atoms with E-state index in [2.05, 4.69) is 11.7 Å². The number of hydrogen-bond donors (Lipinski definition) is 0. The molecule has 1 saturated carbocycles. The highest BCUT2D eigenvalue weighted by Gasteiger charge is 2.34. The maximum Gasteiger partial charge on any atom is 0.305 e. The van der Waals surface area contributed by atoms with E-state index in [0.29, 0.717) is 31.0 Å². The summed E-state index contributed by atoms with van der Waals surface area (Å²) in [5, 5.41) is 0. The molecule has 7 heteroatoms. The molecule has 0 radical (unpaired) electrons. The Hall–Kier alpha value is -0.950. The molecule has 0 heterocycles. The summed E-state index contributed by atoms with van der Waals surface area (Å²) in [6, 6.07) is 0. The first-order valence-electron chi connectivity index (χ1n) is 11.2. The number of hydrogen-bond acceptors (Lipinski definition) is 6. The van der Waals surface area contributed by atoms with Gasteiger partial charge in [0.1, 0.15) is 5.78 Å². The van der Waals surface area contributed by atoms with E-state index in [1.165, 1.54) is 7.11 Å². The van der Waals surface area contributed by atoms with Crippen LogP contribution in [0.25, 0.3) is 0 Å². The molecule has 0 bridgehead atoms. The number of carbonyl (C=O) groups excluding carboxylic acids is 2. The van der Waals surface area contributed by atoms with E-state index in [9.17, 15) is 18.0 Å². The Balaban J connectivity index is 2.40. The molecule has 1 aliphatic carbocycles. The summed E-state index contributed by atoms with van der Waals surface area (Å²) in [7, 11) is -2.06. The lowest BCUT2D eigenvalue weighted by atomic mass is 9.86. The lowest BCUT2D eigenvalue weighted by Gasteiger charge is -2.22. The van der Waals surface area contributed by atoms with Crippen LogP contribution in [0.5, 0.6) is 0 Å². The zero-order valence-corrected chi connectivity index (χ0v) is 19.3. The summed E-state index contributed by atoms with van der Waals surface area (Å²) in [5.41, 5.74) is 0. The van der Waals surface area contributed by atoms with Crippen LogP contribution in [0.2, 0.25) is 0 Å². The average molecular weight is 433 g/mol. The third kappa shape index (κ3) is 11.7. The molecule has 29 heavy (non-hydrogen) atoms. The minimum absolute atomic E-state index is 0.102. The highest BCUT2D eigenvalue weighted by Crippen LogP contribution is 2.36. The van der Waals surface area contributed by atoms with Crippen molar-refractivity contribution in [1.29, 1.82) is 0 Å². The second kappa shape index (κ2) is 14.1. The molecular formula is C22H40O6S. The molecular weight excluding hydrogens is 392 g/mol. The van der Waals surface area contributed by atoms with Gasteiger partial charge < -0.3 is 4.74 Å². The van der Waals surface area contributed by atoms with Gasteiger partial charge in [-0.05, 0) is 44.4 Å². The van der Waals surface area contributed by atoms with Crippen LogP contribution < -0.4 is 0 Å². The maximum atomic E-state index is 12.3. The number of ether oxygens (including phenoxy) is 1. The predicted molar refractivity (Wildman–Crippen MR) is 114 cm³/mol. The van der Waals surface area contributed by atoms with Gasteiger partial charge in [-0.2, -0.15) is 8.42 Å². The van der Waals surface area contributed by atoms with Crippen LogP contribution in [0.15, 0.2) is 0 Å². The van der Waals surface area contributed by atoms with Crippen LogP contribution >= 0.6 is 0 Å². The van der Waals surface area contributed by atoms with Gasteiger partial charge in [-0.25, -0.2) is 0 Å². The largest absolute Gasteiger partial charge is 0.469 e. The summed E-state index contributed by atoms with van der Waals surface area (Å²) in [4.78, 5) is 23.5. The van der Waals surface area contributed by atoms with E-state index in [4.69, 9.17) is 4.18 Å². The molecule has 3 atom stereocenters. The van der Waals surface area contributed by atoms with Gasteiger partial charge in [0.15, 0.2) is 0 Å². The van der Waals surface area contributed by atoms with Crippen molar-refractivity contribution in [2.45, 2.75) is 103 Å². The van der Waals surface area contributed by atoms with Crippen molar-refractivity contribution in [1.82, 2.24) is 0 Å². The molecule has 0 N–H and O–H groups in total. The number of unbranched alkanes of at least 4 members (excludes halogenated alkanes) is 5. The first kappa shape index (κ1) is 26.1. The first-order valence-corrected chi connectivity index (χ1v) is 13.1. The van der Waals surface area contributed by atoms with E-state index < -0.39 is 10.1 Å². The van der Waals surface area contributed by atoms with Crippen LogP contribution in [0.3, 0.4) is 0 Å². The van der Waals surface area contributed by atoms with Crippen molar-refractivity contribution in [2.75, 3.05) is 13.4 Å². The smallest absolute Gasteiger partial charge is 0.305 e. The molecule has 0 amide bonds. The van der Waals surface area contributed by atoms with Crippen molar-refractivity contribution in [3.8, 4) is 0 Å². The third-order valence-electron chi connectivity index (χ3n) is 5.92. The number of Topliss-reactive ketones (excluding diaryl/α,β-unsaturated/α-hetero) is 1. The van der Waals surface area contributed by atoms with E-state index in [1.54, 1.807) is 0 Å². The SMILES string of the molecule is CCCCCC(CC[C@H]1CCC(=O)[C@@H]1CCCCCCC(=O)OC)OS(C)(=O)=O. The fourth-order valence-corrected chi connectivity index (χ4v) is 5.01. The van der Waals surface area contributed by atoms with Gasteiger partial charge in [0.2, 0.25) is 0 Å². The molecule has 0 aromatic carbocycles. The number of esters is 1. The van der Waals surface area contributed by atoms with Crippen molar-refractivity contribution in [3.63, 3.8) is 0 Å². The number of carbonyl (C=O) groups is 2. The Morgan fingerprint density at radius 3 is 2.45 bits per heavy atom. The lowest BCUT2D eigenvalue weighted by Crippen LogP contribution is -2.21. The summed E-state index contributed by atoms with van der Waals surface area (Å²) in [5.74, 6) is 0.636. The maximum absolute atomic E-state index is 12.3. The van der Waals surface area contributed by atoms with Crippen LogP contribution in [0.1, 0.15) is 96.8 Å². The zero-order valence-electron chi connectivity index (χ0n) is 18.5. The number of rotatable bonds is 16. The molecule has 0 aliphatic heterocycles. The third-order valence-corrected chi connectivity index (χ3v) is 6.54. The van der Waals surface area contributed by atoms with Gasteiger partial charge >= 0.3 is 5.97 Å². The molecule has 1 unspecified atom stereocenters. The van der Waals surface area contributed by atoms with Crippen molar-refractivity contribution >= 4 is 21.9 Å². The van der Waals surface area contributed by atoms with Gasteiger partial charge in [-0.15, -0.1) is 0 Å². The molecule has 0 aromatic rings. The predicted octanol–water partition coefficient (Wildman–Crippen LogP) is 4.80. The van der Waals surface area contributed by atoms with Crippen LogP contribution in [0.4, 0.5) is 0 Å². The molecule has 1 fully saturated rings.